The van der Waals surface area contributed by atoms with E-state index in [1.54, 1.807) is 30.3 Å². The van der Waals surface area contributed by atoms with Crippen LogP contribution in [0.1, 0.15) is 26.2 Å². The Morgan fingerprint density at radius 2 is 1.75 bits per heavy atom. The molecule has 0 saturated carbocycles. The lowest BCUT2D eigenvalue weighted by molar-refractivity contribution is -0.116. The first-order valence-corrected chi connectivity index (χ1v) is 6.71. The molecule has 0 aromatic heterocycles. The molecule has 1 aromatic carbocycles. The van der Waals surface area contributed by atoms with Crippen LogP contribution in [0.3, 0.4) is 0 Å². The highest BCUT2D eigenvalue weighted by Crippen LogP contribution is 2.14. The third kappa shape index (κ3) is 6.04. The van der Waals surface area contributed by atoms with E-state index in [1.807, 2.05) is 6.92 Å². The second kappa shape index (κ2) is 8.74. The molecule has 5 nitrogen and oxygen atoms in total. The fraction of sp³-hybridized carbons (Fsp3) is 0.333. The Morgan fingerprint density at radius 3 is 2.30 bits per heavy atom. The molecule has 0 heterocycles. The molecule has 0 unspecified atom stereocenters. The number of rotatable bonds is 7. The largest absolute Gasteiger partial charge is 0.334 e. The minimum Gasteiger partial charge on any atom is -0.334 e. The summed E-state index contributed by atoms with van der Waals surface area (Å²) in [5.74, 6) is 0.0104. The maximum absolute atomic E-state index is 11.6. The molecule has 0 radical (unpaired) electrons. The Bertz CT molecular complexity index is 455. The molecule has 0 aliphatic rings. The molecular formula is C15H21N3O2. The standard InChI is InChI=1S/C15H21N3O2/c1-3-5-6-14(19)17-12-7-9-13(10-8-12)18-15(20)16-11-4-2/h4,7-10H,2-3,5-6,11H2,1H3,(H,17,19)(H2,16,18,20). The van der Waals surface area contributed by atoms with Crippen molar-refractivity contribution in [2.75, 3.05) is 17.2 Å². The summed E-state index contributed by atoms with van der Waals surface area (Å²) in [6.45, 7) is 5.98. The van der Waals surface area contributed by atoms with E-state index in [0.29, 0.717) is 18.7 Å². The molecule has 108 valence electrons. The van der Waals surface area contributed by atoms with Crippen LogP contribution in [0.15, 0.2) is 36.9 Å². The summed E-state index contributed by atoms with van der Waals surface area (Å²) in [4.78, 5) is 23.0. The lowest BCUT2D eigenvalue weighted by Gasteiger charge is -2.08. The lowest BCUT2D eigenvalue weighted by atomic mass is 10.2. The van der Waals surface area contributed by atoms with Gasteiger partial charge in [0.1, 0.15) is 0 Å². The minimum absolute atomic E-state index is 0.0104. The van der Waals surface area contributed by atoms with Gasteiger partial charge in [-0.3, -0.25) is 4.79 Å². The molecule has 0 bridgehead atoms. The molecular weight excluding hydrogens is 254 g/mol. The SMILES string of the molecule is C=CCNC(=O)Nc1ccc(NC(=O)CCCC)cc1. The smallest absolute Gasteiger partial charge is 0.319 e. The first-order chi connectivity index (χ1) is 9.65. The highest BCUT2D eigenvalue weighted by atomic mass is 16.2. The molecule has 0 atom stereocenters. The number of nitrogens with one attached hydrogen (secondary N) is 3. The van der Waals surface area contributed by atoms with Gasteiger partial charge in [-0.1, -0.05) is 19.4 Å². The monoisotopic (exact) mass is 275 g/mol. The van der Waals surface area contributed by atoms with Crippen LogP contribution in [-0.2, 0) is 4.79 Å². The molecule has 3 N–H and O–H groups in total. The molecule has 0 saturated heterocycles. The van der Waals surface area contributed by atoms with Gasteiger partial charge in [-0.2, -0.15) is 0 Å². The normalized spacial score (nSPS) is 9.65. The summed E-state index contributed by atoms with van der Waals surface area (Å²) in [5, 5.41) is 8.11. The maximum atomic E-state index is 11.6. The Morgan fingerprint density at radius 1 is 1.15 bits per heavy atom. The number of hydrogen-bond acceptors (Lipinski definition) is 2. The van der Waals surface area contributed by atoms with Crippen molar-refractivity contribution >= 4 is 23.3 Å². The number of amides is 3. The summed E-state index contributed by atoms with van der Waals surface area (Å²) >= 11 is 0. The Hall–Kier alpha value is -2.30. The molecule has 1 rings (SSSR count). The van der Waals surface area contributed by atoms with Crippen LogP contribution in [-0.4, -0.2) is 18.5 Å². The van der Waals surface area contributed by atoms with Gasteiger partial charge >= 0.3 is 6.03 Å². The predicted octanol–water partition coefficient (Wildman–Crippen LogP) is 3.12. The summed E-state index contributed by atoms with van der Waals surface area (Å²) in [5.41, 5.74) is 1.39. The highest BCUT2D eigenvalue weighted by Gasteiger charge is 2.03. The lowest BCUT2D eigenvalue weighted by Crippen LogP contribution is -2.28. The van der Waals surface area contributed by atoms with Crippen LogP contribution in [0.25, 0.3) is 0 Å². The van der Waals surface area contributed by atoms with E-state index in [4.69, 9.17) is 0 Å². The number of urea groups is 1. The second-order valence-corrected chi connectivity index (χ2v) is 4.35. The van der Waals surface area contributed by atoms with Gasteiger partial charge in [0, 0.05) is 24.3 Å². The minimum atomic E-state index is -0.287. The molecule has 3 amide bonds. The van der Waals surface area contributed by atoms with Gasteiger partial charge in [0.25, 0.3) is 0 Å². The zero-order valence-corrected chi connectivity index (χ0v) is 11.7. The van der Waals surface area contributed by atoms with Crippen LogP contribution in [0.4, 0.5) is 16.2 Å². The summed E-state index contributed by atoms with van der Waals surface area (Å²) in [6, 6.07) is 6.70. The van der Waals surface area contributed by atoms with Crippen LogP contribution >= 0.6 is 0 Å². The maximum Gasteiger partial charge on any atom is 0.319 e. The van der Waals surface area contributed by atoms with E-state index >= 15 is 0 Å². The van der Waals surface area contributed by atoms with E-state index in [2.05, 4.69) is 22.5 Å². The highest BCUT2D eigenvalue weighted by molar-refractivity contribution is 5.92. The van der Waals surface area contributed by atoms with Crippen LogP contribution in [0.2, 0.25) is 0 Å². The first kappa shape index (κ1) is 15.8. The Balaban J connectivity index is 2.45. The second-order valence-electron chi connectivity index (χ2n) is 4.35. The van der Waals surface area contributed by atoms with E-state index in [9.17, 15) is 9.59 Å². The topological polar surface area (TPSA) is 70.2 Å². The molecule has 0 aliphatic carbocycles. The zero-order valence-electron chi connectivity index (χ0n) is 11.7. The van der Waals surface area contributed by atoms with Gasteiger partial charge in [-0.05, 0) is 30.7 Å². The fourth-order valence-corrected chi connectivity index (χ4v) is 1.54. The average Bonchev–Trinajstić information content (AvgIpc) is 2.45. The Kier molecular flexibility index (Phi) is 6.89. The van der Waals surface area contributed by atoms with Crippen molar-refractivity contribution in [3.63, 3.8) is 0 Å². The van der Waals surface area contributed by atoms with E-state index in [0.717, 1.165) is 18.5 Å². The van der Waals surface area contributed by atoms with Crippen molar-refractivity contribution in [2.24, 2.45) is 0 Å². The van der Waals surface area contributed by atoms with Gasteiger partial charge < -0.3 is 16.0 Å². The molecule has 20 heavy (non-hydrogen) atoms. The van der Waals surface area contributed by atoms with Crippen molar-refractivity contribution in [1.82, 2.24) is 5.32 Å². The van der Waals surface area contributed by atoms with Gasteiger partial charge in [-0.25, -0.2) is 4.79 Å². The van der Waals surface area contributed by atoms with Crippen molar-refractivity contribution in [1.29, 1.82) is 0 Å². The zero-order chi connectivity index (χ0) is 14.8. The molecule has 0 aliphatic heterocycles. The number of unbranched alkanes of at least 4 members (excludes halogenated alkanes) is 1. The molecule has 5 heteroatoms. The Labute approximate surface area is 119 Å². The van der Waals surface area contributed by atoms with Crippen molar-refractivity contribution in [2.45, 2.75) is 26.2 Å². The molecule has 0 fully saturated rings. The summed E-state index contributed by atoms with van der Waals surface area (Å²) in [6.07, 6.45) is 4.01. The van der Waals surface area contributed by atoms with Crippen LogP contribution in [0.5, 0.6) is 0 Å². The predicted molar refractivity (Wildman–Crippen MR) is 81.8 cm³/mol. The van der Waals surface area contributed by atoms with Gasteiger partial charge in [0.2, 0.25) is 5.91 Å². The van der Waals surface area contributed by atoms with Crippen LogP contribution in [0, 0.1) is 0 Å². The van der Waals surface area contributed by atoms with Crippen molar-refractivity contribution < 1.29 is 9.59 Å². The third-order valence-electron chi connectivity index (χ3n) is 2.59. The first-order valence-electron chi connectivity index (χ1n) is 6.71. The van der Waals surface area contributed by atoms with Gasteiger partial charge in [0.15, 0.2) is 0 Å². The molecule has 0 spiro atoms. The number of carbonyl (C=O) groups excluding carboxylic acids is 2. The van der Waals surface area contributed by atoms with Gasteiger partial charge in [-0.15, -0.1) is 6.58 Å². The third-order valence-corrected chi connectivity index (χ3v) is 2.59. The van der Waals surface area contributed by atoms with Crippen molar-refractivity contribution in [3.8, 4) is 0 Å². The summed E-state index contributed by atoms with van der Waals surface area (Å²) < 4.78 is 0. The number of hydrogen-bond donors (Lipinski definition) is 3. The summed E-state index contributed by atoms with van der Waals surface area (Å²) in [7, 11) is 0. The van der Waals surface area contributed by atoms with Gasteiger partial charge in [0.05, 0.1) is 0 Å². The number of anilines is 2. The number of benzene rings is 1. The molecule has 1 aromatic rings. The number of carbonyl (C=O) groups is 2. The fourth-order valence-electron chi connectivity index (χ4n) is 1.54. The van der Waals surface area contributed by atoms with Crippen LogP contribution < -0.4 is 16.0 Å². The average molecular weight is 275 g/mol. The van der Waals surface area contributed by atoms with E-state index in [-0.39, 0.29) is 11.9 Å². The quantitative estimate of drug-likeness (QED) is 0.669. The van der Waals surface area contributed by atoms with E-state index in [1.165, 1.54) is 0 Å². The van der Waals surface area contributed by atoms with Crippen molar-refractivity contribution in [3.05, 3.63) is 36.9 Å². The van der Waals surface area contributed by atoms with E-state index < -0.39 is 0 Å².